The summed E-state index contributed by atoms with van der Waals surface area (Å²) < 4.78 is 36.7. The predicted octanol–water partition coefficient (Wildman–Crippen LogP) is 3.89. The number of pyridine rings is 3. The molecule has 0 aliphatic carbocycles. The lowest BCUT2D eigenvalue weighted by Crippen LogP contribution is -2.57. The van der Waals surface area contributed by atoms with Crippen LogP contribution >= 0.6 is 0 Å². The Hall–Kier alpha value is -3.73. The molecule has 0 bridgehead atoms. The molecule has 5 rings (SSSR count). The quantitative estimate of drug-likeness (QED) is 0.331. The maximum atomic E-state index is 11.9. The lowest BCUT2D eigenvalue weighted by molar-refractivity contribution is 0.341. The lowest BCUT2D eigenvalue weighted by Gasteiger charge is -2.48. The fourth-order valence-corrected chi connectivity index (χ4v) is 6.08. The summed E-state index contributed by atoms with van der Waals surface area (Å²) in [5.74, 6) is 2.23. The van der Waals surface area contributed by atoms with Crippen LogP contribution in [0.15, 0.2) is 42.9 Å². The van der Waals surface area contributed by atoms with Crippen LogP contribution in [0, 0.1) is 5.92 Å². The van der Waals surface area contributed by atoms with Gasteiger partial charge in [-0.3, -0.25) is 4.98 Å². The van der Waals surface area contributed by atoms with Crippen LogP contribution in [-0.4, -0.2) is 72.0 Å². The molecule has 4 aromatic heterocycles. The van der Waals surface area contributed by atoms with Gasteiger partial charge in [-0.05, 0) is 31.0 Å². The molecule has 2 atom stereocenters. The summed E-state index contributed by atoms with van der Waals surface area (Å²) in [7, 11) is 0.155. The Kier molecular flexibility index (Phi) is 6.72. The average molecular weight is 537 g/mol. The molecule has 0 radical (unpaired) electrons. The highest BCUT2D eigenvalue weighted by atomic mass is 32.2. The minimum atomic E-state index is -3.04. The van der Waals surface area contributed by atoms with Gasteiger partial charge in [0.05, 0.1) is 48.3 Å². The molecule has 1 aliphatic heterocycles. The van der Waals surface area contributed by atoms with Gasteiger partial charge in [0.2, 0.25) is 5.88 Å². The van der Waals surface area contributed by atoms with Gasteiger partial charge in [-0.15, -0.1) is 0 Å². The summed E-state index contributed by atoms with van der Waals surface area (Å²) >= 11 is 0. The highest BCUT2D eigenvalue weighted by Crippen LogP contribution is 2.37. The van der Waals surface area contributed by atoms with Crippen LogP contribution < -0.4 is 14.4 Å². The number of ether oxygens (including phenoxy) is 2. The average Bonchev–Trinajstić information content (AvgIpc) is 3.33. The van der Waals surface area contributed by atoms with Crippen molar-refractivity contribution in [3.63, 3.8) is 0 Å². The molecule has 0 saturated carbocycles. The molecule has 1 aliphatic rings. The molecule has 1 saturated heterocycles. The molecule has 0 unspecified atom stereocenters. The maximum Gasteiger partial charge on any atom is 0.224 e. The zero-order chi connectivity index (χ0) is 27.2. The summed E-state index contributed by atoms with van der Waals surface area (Å²) in [6.07, 6.45) is 6.40. The van der Waals surface area contributed by atoms with E-state index in [4.69, 9.17) is 19.4 Å². The highest BCUT2D eigenvalue weighted by molar-refractivity contribution is 7.90. The van der Waals surface area contributed by atoms with Crippen molar-refractivity contribution in [2.24, 2.45) is 5.92 Å². The number of hydrogen-bond donors (Lipinski definition) is 0. The lowest BCUT2D eigenvalue weighted by atomic mass is 9.90. The maximum absolute atomic E-state index is 11.9. The van der Waals surface area contributed by atoms with E-state index < -0.39 is 9.84 Å². The Morgan fingerprint density at radius 3 is 2.55 bits per heavy atom. The normalized spacial score (nSPS) is 17.6. The van der Waals surface area contributed by atoms with Crippen LogP contribution in [0.25, 0.3) is 28.0 Å². The predicted molar refractivity (Wildman–Crippen MR) is 147 cm³/mol. The monoisotopic (exact) mass is 536 g/mol. The van der Waals surface area contributed by atoms with E-state index in [-0.39, 0.29) is 23.6 Å². The molecule has 11 heteroatoms. The Balaban J connectivity index is 1.61. The summed E-state index contributed by atoms with van der Waals surface area (Å²) in [5.41, 5.74) is 4.08. The van der Waals surface area contributed by atoms with Gasteiger partial charge in [0.1, 0.15) is 15.6 Å². The van der Waals surface area contributed by atoms with Gasteiger partial charge in [0.25, 0.3) is 0 Å². The van der Waals surface area contributed by atoms with Gasteiger partial charge in [-0.2, -0.15) is 5.10 Å². The van der Waals surface area contributed by atoms with Crippen molar-refractivity contribution in [1.29, 1.82) is 0 Å². The second-order valence-electron chi connectivity index (χ2n) is 10.1. The summed E-state index contributed by atoms with van der Waals surface area (Å²) in [6.45, 7) is 6.95. The van der Waals surface area contributed by atoms with Gasteiger partial charge in [0.15, 0.2) is 5.82 Å². The third-order valence-corrected chi connectivity index (χ3v) is 8.11. The highest BCUT2D eigenvalue weighted by Gasteiger charge is 2.38. The minimum absolute atomic E-state index is 0.0991. The summed E-state index contributed by atoms with van der Waals surface area (Å²) in [5, 5.41) is 5.42. The molecule has 0 aromatic carbocycles. The number of fused-ring (bicyclic) bond motifs is 1. The van der Waals surface area contributed by atoms with Crippen LogP contribution in [0.1, 0.15) is 32.4 Å². The molecule has 0 spiro atoms. The number of aromatic nitrogens is 5. The largest absolute Gasteiger partial charge is 0.496 e. The van der Waals surface area contributed by atoms with Gasteiger partial charge >= 0.3 is 0 Å². The second-order valence-corrected chi connectivity index (χ2v) is 12.3. The number of methoxy groups -OCH3 is 2. The van der Waals surface area contributed by atoms with Crippen molar-refractivity contribution in [1.82, 2.24) is 24.7 Å². The first-order valence-electron chi connectivity index (χ1n) is 12.5. The van der Waals surface area contributed by atoms with Crippen molar-refractivity contribution in [3.8, 4) is 28.7 Å². The van der Waals surface area contributed by atoms with Crippen LogP contribution in [0.3, 0.4) is 0 Å². The van der Waals surface area contributed by atoms with Gasteiger partial charge < -0.3 is 14.4 Å². The third-order valence-electron chi connectivity index (χ3n) is 7.08. The van der Waals surface area contributed by atoms with Crippen molar-refractivity contribution in [2.75, 3.05) is 37.7 Å². The molecule has 10 nitrogen and oxygen atoms in total. The smallest absolute Gasteiger partial charge is 0.224 e. The van der Waals surface area contributed by atoms with E-state index in [0.717, 1.165) is 27.8 Å². The van der Waals surface area contributed by atoms with E-state index in [9.17, 15) is 8.42 Å². The van der Waals surface area contributed by atoms with E-state index >= 15 is 0 Å². The molecular weight excluding hydrogens is 504 g/mol. The van der Waals surface area contributed by atoms with Gasteiger partial charge in [-0.25, -0.2) is 23.1 Å². The molecule has 38 heavy (non-hydrogen) atoms. The molecule has 5 heterocycles. The number of nitrogens with zero attached hydrogens (tertiary/aromatic N) is 6. The number of sulfone groups is 1. The van der Waals surface area contributed by atoms with Crippen LogP contribution in [0.5, 0.6) is 11.6 Å². The van der Waals surface area contributed by atoms with Gasteiger partial charge in [0, 0.05) is 54.6 Å². The number of hydrogen-bond acceptors (Lipinski definition) is 9. The third kappa shape index (κ3) is 4.78. The second kappa shape index (κ2) is 9.86. The molecule has 1 fully saturated rings. The molecule has 0 N–H and O–H groups in total. The van der Waals surface area contributed by atoms with E-state index in [2.05, 4.69) is 41.8 Å². The Labute approximate surface area is 222 Å². The Morgan fingerprint density at radius 1 is 1.11 bits per heavy atom. The summed E-state index contributed by atoms with van der Waals surface area (Å²) in [4.78, 5) is 16.1. The van der Waals surface area contributed by atoms with Crippen molar-refractivity contribution >= 4 is 26.4 Å². The fraction of sp³-hybridized carbons (Fsp3) is 0.407. The van der Waals surface area contributed by atoms with E-state index in [1.54, 1.807) is 43.6 Å². The zero-order valence-electron chi connectivity index (χ0n) is 22.4. The Morgan fingerprint density at radius 2 is 1.89 bits per heavy atom. The van der Waals surface area contributed by atoms with Crippen LogP contribution in [0.2, 0.25) is 0 Å². The van der Waals surface area contributed by atoms with Crippen LogP contribution in [0.4, 0.5) is 5.69 Å². The van der Waals surface area contributed by atoms with Crippen molar-refractivity contribution < 1.29 is 17.9 Å². The first-order valence-corrected chi connectivity index (χ1v) is 14.5. The number of anilines is 1. The zero-order valence-corrected chi connectivity index (χ0v) is 23.2. The van der Waals surface area contributed by atoms with Crippen LogP contribution in [-0.2, 0) is 9.84 Å². The van der Waals surface area contributed by atoms with E-state index in [1.165, 1.54) is 6.26 Å². The fourth-order valence-electron chi connectivity index (χ4n) is 4.92. The Bertz CT molecular complexity index is 1600. The molecule has 0 amide bonds. The first kappa shape index (κ1) is 25.9. The minimum Gasteiger partial charge on any atom is -0.496 e. The standard InChI is InChI=1S/C27H32N6O4S/c1-16(2)22-9-19(32-14-18(17(32)3)15-38(6,34)35)10-26(30-22)33-24-11-23(20-12-28-8-7-25(20)36-4)31-27(37-5)21(24)13-29-33/h7-13,16-18H,14-15H2,1-6H3/t17-,18-/m1/s1. The molecule has 200 valence electrons. The number of rotatable bonds is 8. The van der Waals surface area contributed by atoms with Crippen molar-refractivity contribution in [3.05, 3.63) is 48.5 Å². The molecular formula is C27H32N6O4S. The van der Waals surface area contributed by atoms with E-state index in [1.807, 2.05) is 12.1 Å². The SMILES string of the molecule is COc1ccncc1-c1cc2c(cnn2-c2cc(N3C[C@H](CS(C)(=O)=O)[C@H]3C)cc(C(C)C)n2)c(OC)n1. The van der Waals surface area contributed by atoms with Crippen molar-refractivity contribution in [2.45, 2.75) is 32.7 Å². The van der Waals surface area contributed by atoms with Gasteiger partial charge in [-0.1, -0.05) is 13.8 Å². The van der Waals surface area contributed by atoms with E-state index in [0.29, 0.717) is 29.7 Å². The topological polar surface area (TPSA) is 112 Å². The first-order chi connectivity index (χ1) is 18.1. The summed E-state index contributed by atoms with van der Waals surface area (Å²) in [6, 6.07) is 7.91. The molecule has 4 aromatic rings.